The molecule has 0 atom stereocenters. The molecular weight excluding hydrogens is 204 g/mol. The molecule has 0 saturated heterocycles. The molecule has 80 valence electrons. The first-order valence-corrected chi connectivity index (χ1v) is 4.78. The Morgan fingerprint density at radius 3 is 2.88 bits per heavy atom. The third-order valence-electron chi connectivity index (χ3n) is 1.90. The molecule has 1 heterocycles. The molecule has 0 amide bonds. The molecule has 0 fully saturated rings. The molecule has 2 rings (SSSR count). The number of allylic oxidation sites excluding steroid dienone is 1. The van der Waals surface area contributed by atoms with Crippen molar-refractivity contribution in [2.24, 2.45) is 4.99 Å². The maximum absolute atomic E-state index is 11.6. The summed E-state index contributed by atoms with van der Waals surface area (Å²) in [5.74, 6) is -0.108. The van der Waals surface area contributed by atoms with E-state index in [9.17, 15) is 4.79 Å². The van der Waals surface area contributed by atoms with E-state index in [1.54, 1.807) is 42.8 Å². The number of benzene rings is 1. The quantitative estimate of drug-likeness (QED) is 0.764. The smallest absolute Gasteiger partial charge is 0.344 e. The molecular formula is C12H10N2O2. The predicted molar refractivity (Wildman–Crippen MR) is 60.7 cm³/mol. The number of ether oxygens (including phenoxy) is 1. The minimum atomic E-state index is -0.412. The first kappa shape index (κ1) is 10.2. The van der Waals surface area contributed by atoms with Crippen molar-refractivity contribution >= 4 is 12.2 Å². The summed E-state index contributed by atoms with van der Waals surface area (Å²) in [5.41, 5.74) is 0.502. The second kappa shape index (κ2) is 4.93. The number of rotatable bonds is 2. The number of aliphatic imine (C=N–C) groups is 1. The third-order valence-corrected chi connectivity index (χ3v) is 1.90. The van der Waals surface area contributed by atoms with Gasteiger partial charge in [-0.3, -0.25) is 4.99 Å². The van der Waals surface area contributed by atoms with E-state index in [0.29, 0.717) is 11.4 Å². The molecule has 0 saturated carbocycles. The highest BCUT2D eigenvalue weighted by molar-refractivity contribution is 5.90. The zero-order valence-electron chi connectivity index (χ0n) is 8.46. The van der Waals surface area contributed by atoms with Gasteiger partial charge in [0.1, 0.15) is 0 Å². The van der Waals surface area contributed by atoms with Crippen LogP contribution >= 0.6 is 0 Å². The summed E-state index contributed by atoms with van der Waals surface area (Å²) in [6, 6.07) is 8.79. The highest BCUT2D eigenvalue weighted by atomic mass is 16.5. The molecule has 0 bridgehead atoms. The largest absolute Gasteiger partial charge is 0.404 e. The molecule has 1 N–H and O–H groups in total. The molecule has 1 aromatic carbocycles. The van der Waals surface area contributed by atoms with Gasteiger partial charge in [-0.05, 0) is 18.2 Å². The van der Waals surface area contributed by atoms with Crippen LogP contribution in [0.5, 0.6) is 0 Å². The van der Waals surface area contributed by atoms with Gasteiger partial charge in [-0.25, -0.2) is 4.79 Å². The maximum atomic E-state index is 11.6. The first-order valence-electron chi connectivity index (χ1n) is 4.78. The van der Waals surface area contributed by atoms with Gasteiger partial charge in [-0.15, -0.1) is 0 Å². The molecule has 16 heavy (non-hydrogen) atoms. The summed E-state index contributed by atoms with van der Waals surface area (Å²) < 4.78 is 5.10. The van der Waals surface area contributed by atoms with Crippen molar-refractivity contribution in [3.8, 4) is 0 Å². The highest BCUT2D eigenvalue weighted by Crippen LogP contribution is 2.05. The number of hydrogen-bond donors (Lipinski definition) is 1. The van der Waals surface area contributed by atoms with Crippen LogP contribution in [0.25, 0.3) is 0 Å². The van der Waals surface area contributed by atoms with Crippen molar-refractivity contribution in [2.45, 2.75) is 0 Å². The Bertz CT molecular complexity index is 461. The van der Waals surface area contributed by atoms with Crippen LogP contribution in [-0.4, -0.2) is 12.2 Å². The predicted octanol–water partition coefficient (Wildman–Crippen LogP) is 1.83. The van der Waals surface area contributed by atoms with Crippen molar-refractivity contribution in [1.29, 1.82) is 0 Å². The van der Waals surface area contributed by atoms with Gasteiger partial charge in [-0.2, -0.15) is 0 Å². The molecule has 0 aliphatic carbocycles. The standard InChI is InChI=1S/C12H10N2O2/c15-12(10-5-2-1-3-6-10)16-11-9-13-7-4-8-14-11/h1-9,14H. The first-order chi connectivity index (χ1) is 7.86. The van der Waals surface area contributed by atoms with Gasteiger partial charge in [0.2, 0.25) is 5.88 Å². The minimum absolute atomic E-state index is 0.304. The second-order valence-corrected chi connectivity index (χ2v) is 3.05. The van der Waals surface area contributed by atoms with Crippen LogP contribution in [0.4, 0.5) is 0 Å². The van der Waals surface area contributed by atoms with Crippen LogP contribution in [0.3, 0.4) is 0 Å². The Hall–Kier alpha value is -2.36. The van der Waals surface area contributed by atoms with Crippen LogP contribution in [-0.2, 0) is 4.74 Å². The van der Waals surface area contributed by atoms with Crippen molar-refractivity contribution in [2.75, 3.05) is 0 Å². The van der Waals surface area contributed by atoms with E-state index in [1.165, 1.54) is 6.20 Å². The van der Waals surface area contributed by atoms with Gasteiger partial charge in [0.15, 0.2) is 0 Å². The zero-order chi connectivity index (χ0) is 11.2. The Morgan fingerprint density at radius 1 is 1.25 bits per heavy atom. The van der Waals surface area contributed by atoms with E-state index >= 15 is 0 Å². The molecule has 1 aromatic rings. The number of nitrogens with one attached hydrogen (secondary N) is 1. The van der Waals surface area contributed by atoms with Gasteiger partial charge >= 0.3 is 5.97 Å². The average molecular weight is 214 g/mol. The fourth-order valence-corrected chi connectivity index (χ4v) is 1.16. The van der Waals surface area contributed by atoms with Gasteiger partial charge < -0.3 is 10.1 Å². The second-order valence-electron chi connectivity index (χ2n) is 3.05. The summed E-state index contributed by atoms with van der Waals surface area (Å²) in [4.78, 5) is 15.5. The summed E-state index contributed by atoms with van der Waals surface area (Å²) >= 11 is 0. The monoisotopic (exact) mass is 214 g/mol. The summed E-state index contributed by atoms with van der Waals surface area (Å²) in [7, 11) is 0. The maximum Gasteiger partial charge on any atom is 0.344 e. The van der Waals surface area contributed by atoms with Crippen molar-refractivity contribution in [3.63, 3.8) is 0 Å². The topological polar surface area (TPSA) is 50.7 Å². The fraction of sp³-hybridized carbons (Fsp3) is 0. The van der Waals surface area contributed by atoms with Crippen molar-refractivity contribution in [3.05, 3.63) is 60.3 Å². The van der Waals surface area contributed by atoms with Gasteiger partial charge in [0.05, 0.1) is 11.8 Å². The van der Waals surface area contributed by atoms with Crippen LogP contribution in [0.1, 0.15) is 10.4 Å². The van der Waals surface area contributed by atoms with Crippen LogP contribution in [0.2, 0.25) is 0 Å². The lowest BCUT2D eigenvalue weighted by molar-refractivity contribution is 0.0608. The van der Waals surface area contributed by atoms with Crippen molar-refractivity contribution in [1.82, 2.24) is 5.32 Å². The highest BCUT2D eigenvalue weighted by Gasteiger charge is 2.08. The zero-order valence-corrected chi connectivity index (χ0v) is 8.46. The molecule has 1 aliphatic rings. The average Bonchev–Trinajstić information content (AvgIpc) is 2.59. The molecule has 0 radical (unpaired) electrons. The summed E-state index contributed by atoms with van der Waals surface area (Å²) in [5, 5.41) is 2.79. The van der Waals surface area contributed by atoms with Crippen molar-refractivity contribution < 1.29 is 9.53 Å². The summed E-state index contributed by atoms with van der Waals surface area (Å²) in [6.45, 7) is 0. The summed E-state index contributed by atoms with van der Waals surface area (Å²) in [6.07, 6.45) is 6.39. The Labute approximate surface area is 93.0 Å². The number of carbonyl (C=O) groups is 1. The number of esters is 1. The Kier molecular flexibility index (Phi) is 3.13. The van der Waals surface area contributed by atoms with Gasteiger partial charge in [0, 0.05) is 12.4 Å². The van der Waals surface area contributed by atoms with Gasteiger partial charge in [0.25, 0.3) is 0 Å². The van der Waals surface area contributed by atoms with E-state index in [0.717, 1.165) is 0 Å². The molecule has 4 heteroatoms. The fourth-order valence-electron chi connectivity index (χ4n) is 1.16. The van der Waals surface area contributed by atoms with E-state index in [1.807, 2.05) is 6.07 Å². The van der Waals surface area contributed by atoms with E-state index in [4.69, 9.17) is 4.74 Å². The molecule has 0 unspecified atom stereocenters. The van der Waals surface area contributed by atoms with Crippen LogP contribution < -0.4 is 5.32 Å². The molecule has 4 nitrogen and oxygen atoms in total. The molecule has 0 spiro atoms. The normalized spacial score (nSPS) is 13.6. The minimum Gasteiger partial charge on any atom is -0.404 e. The van der Waals surface area contributed by atoms with Crippen LogP contribution in [0, 0.1) is 0 Å². The lowest BCUT2D eigenvalue weighted by Gasteiger charge is -2.06. The van der Waals surface area contributed by atoms with Gasteiger partial charge in [-0.1, -0.05) is 18.2 Å². The van der Waals surface area contributed by atoms with Crippen LogP contribution in [0.15, 0.2) is 59.7 Å². The Morgan fingerprint density at radius 2 is 2.06 bits per heavy atom. The number of hydrogen-bond acceptors (Lipinski definition) is 4. The SMILES string of the molecule is O=C(OC1=CN=CC=CN1)c1ccccc1. The van der Waals surface area contributed by atoms with E-state index < -0.39 is 5.97 Å². The lowest BCUT2D eigenvalue weighted by atomic mass is 10.2. The molecule has 1 aliphatic heterocycles. The third kappa shape index (κ3) is 2.57. The number of carbonyl (C=O) groups excluding carboxylic acids is 1. The van der Waals surface area contributed by atoms with E-state index in [-0.39, 0.29) is 0 Å². The van der Waals surface area contributed by atoms with E-state index in [2.05, 4.69) is 10.3 Å². The molecule has 0 aromatic heterocycles. The Balaban J connectivity index is 2.06. The lowest BCUT2D eigenvalue weighted by Crippen LogP contribution is -2.13. The number of nitrogens with zero attached hydrogens (tertiary/aromatic N) is 1.